The number of halogens is 6. The molecule has 0 radical (unpaired) electrons. The van der Waals surface area contributed by atoms with Gasteiger partial charge in [0.15, 0.2) is 0 Å². The number of nitrogens with one attached hydrogen (secondary N) is 1. The van der Waals surface area contributed by atoms with E-state index in [4.69, 9.17) is 0 Å². The highest BCUT2D eigenvalue weighted by atomic mass is 19.4. The Bertz CT molecular complexity index is 667. The summed E-state index contributed by atoms with van der Waals surface area (Å²) in [4.78, 5) is 0. The predicted octanol–water partition coefficient (Wildman–Crippen LogP) is 5.61. The van der Waals surface area contributed by atoms with Gasteiger partial charge in [0, 0.05) is 12.0 Å². The molecule has 26 heavy (non-hydrogen) atoms. The molecule has 1 N–H and O–H groups in total. The molecule has 1 aliphatic heterocycles. The van der Waals surface area contributed by atoms with Crippen LogP contribution in [0.4, 0.5) is 26.3 Å². The zero-order chi connectivity index (χ0) is 18.9. The molecule has 1 nitrogen and oxygen atoms in total. The van der Waals surface area contributed by atoms with Crippen LogP contribution in [0.1, 0.15) is 41.0 Å². The van der Waals surface area contributed by atoms with E-state index in [2.05, 4.69) is 5.32 Å². The van der Waals surface area contributed by atoms with Crippen molar-refractivity contribution in [3.8, 4) is 0 Å². The van der Waals surface area contributed by atoms with Gasteiger partial charge in [-0.25, -0.2) is 0 Å². The number of alkyl halides is 6. The average Bonchev–Trinajstić information content (AvgIpc) is 3.08. The molecule has 140 valence electrons. The van der Waals surface area contributed by atoms with Gasteiger partial charge in [0.25, 0.3) is 0 Å². The fourth-order valence-corrected chi connectivity index (χ4v) is 3.41. The topological polar surface area (TPSA) is 12.0 Å². The lowest BCUT2D eigenvalue weighted by Gasteiger charge is -2.25. The third-order valence-electron chi connectivity index (χ3n) is 4.70. The Morgan fingerprint density at radius 2 is 1.15 bits per heavy atom. The highest BCUT2D eigenvalue weighted by Crippen LogP contribution is 2.36. The van der Waals surface area contributed by atoms with Crippen molar-refractivity contribution in [1.29, 1.82) is 0 Å². The summed E-state index contributed by atoms with van der Waals surface area (Å²) in [5, 5.41) is 3.30. The van der Waals surface area contributed by atoms with Crippen molar-refractivity contribution in [2.75, 3.05) is 6.54 Å². The van der Waals surface area contributed by atoms with Gasteiger partial charge >= 0.3 is 12.4 Å². The lowest BCUT2D eigenvalue weighted by Crippen LogP contribution is -2.29. The number of hydrogen-bond donors (Lipinski definition) is 1. The van der Waals surface area contributed by atoms with Crippen LogP contribution in [0.15, 0.2) is 48.5 Å². The van der Waals surface area contributed by atoms with Gasteiger partial charge < -0.3 is 5.32 Å². The van der Waals surface area contributed by atoms with Crippen LogP contribution in [0.25, 0.3) is 0 Å². The van der Waals surface area contributed by atoms with Crippen LogP contribution in [-0.4, -0.2) is 12.6 Å². The normalized spacial score (nSPS) is 18.5. The van der Waals surface area contributed by atoms with Crippen molar-refractivity contribution < 1.29 is 26.3 Å². The minimum atomic E-state index is -4.42. The zero-order valence-electron chi connectivity index (χ0n) is 13.7. The van der Waals surface area contributed by atoms with Crippen molar-refractivity contribution >= 4 is 0 Å². The van der Waals surface area contributed by atoms with E-state index in [9.17, 15) is 26.3 Å². The summed E-state index contributed by atoms with van der Waals surface area (Å²) in [5.74, 6) is -0.304. The van der Waals surface area contributed by atoms with Gasteiger partial charge in [-0.15, -0.1) is 0 Å². The van der Waals surface area contributed by atoms with E-state index in [-0.39, 0.29) is 12.0 Å². The number of benzene rings is 2. The predicted molar refractivity (Wildman–Crippen MR) is 85.8 cm³/mol. The quantitative estimate of drug-likeness (QED) is 0.690. The highest BCUT2D eigenvalue weighted by Gasteiger charge is 2.33. The molecule has 7 heteroatoms. The molecule has 0 aliphatic carbocycles. The SMILES string of the molecule is FC(F)(F)c1ccc(C(c2ccc(C(F)(F)F)cc2)[C@@H]2CCCN2)cc1. The van der Waals surface area contributed by atoms with Gasteiger partial charge in [-0.05, 0) is 54.8 Å². The molecule has 1 saturated heterocycles. The van der Waals surface area contributed by atoms with Crippen molar-refractivity contribution in [2.24, 2.45) is 0 Å². The first-order chi connectivity index (χ1) is 12.2. The van der Waals surface area contributed by atoms with Gasteiger partial charge in [-0.1, -0.05) is 24.3 Å². The molecule has 1 heterocycles. The van der Waals surface area contributed by atoms with Crippen LogP contribution in [0, 0.1) is 0 Å². The first kappa shape index (κ1) is 18.8. The van der Waals surface area contributed by atoms with Gasteiger partial charge in [0.05, 0.1) is 11.1 Å². The zero-order valence-corrected chi connectivity index (χ0v) is 13.7. The van der Waals surface area contributed by atoms with E-state index in [1.54, 1.807) is 0 Å². The van der Waals surface area contributed by atoms with Crippen LogP contribution >= 0.6 is 0 Å². The summed E-state index contributed by atoms with van der Waals surface area (Å²) in [6.45, 7) is 0.780. The molecule has 0 amide bonds. The van der Waals surface area contributed by atoms with Crippen LogP contribution in [0.3, 0.4) is 0 Å². The third kappa shape index (κ3) is 4.03. The second kappa shape index (κ2) is 6.95. The maximum Gasteiger partial charge on any atom is 0.416 e. The van der Waals surface area contributed by atoms with E-state index < -0.39 is 23.5 Å². The molecule has 1 fully saturated rings. The second-order valence-electron chi connectivity index (χ2n) is 6.42. The molecule has 0 bridgehead atoms. The molecule has 3 rings (SSSR count). The summed E-state index contributed by atoms with van der Waals surface area (Å²) in [5.41, 5.74) is -0.187. The molecule has 0 unspecified atom stereocenters. The van der Waals surface area contributed by atoms with Crippen LogP contribution in [-0.2, 0) is 12.4 Å². The fraction of sp³-hybridized carbons (Fsp3) is 0.368. The molecular weight excluding hydrogens is 356 g/mol. The van der Waals surface area contributed by atoms with Crippen LogP contribution in [0.2, 0.25) is 0 Å². The summed E-state index contributed by atoms with van der Waals surface area (Å²) in [6.07, 6.45) is -7.11. The molecule has 2 aromatic carbocycles. The van der Waals surface area contributed by atoms with E-state index in [1.165, 1.54) is 24.3 Å². The standard InChI is InChI=1S/C19H17F6N/c20-18(21,22)14-7-3-12(4-8-14)17(16-2-1-11-26-16)13-5-9-15(10-6-13)19(23,24)25/h3-10,16-17,26H,1-2,11H2/t16-/m0/s1. The highest BCUT2D eigenvalue weighted by molar-refractivity contribution is 5.38. The Morgan fingerprint density at radius 3 is 1.46 bits per heavy atom. The Balaban J connectivity index is 1.95. The van der Waals surface area contributed by atoms with E-state index in [1.807, 2.05) is 0 Å². The van der Waals surface area contributed by atoms with Gasteiger partial charge in [-0.3, -0.25) is 0 Å². The lowest BCUT2D eigenvalue weighted by molar-refractivity contribution is -0.138. The van der Waals surface area contributed by atoms with E-state index in [0.717, 1.165) is 43.7 Å². The Labute approximate surface area is 147 Å². The summed E-state index contributed by atoms with van der Waals surface area (Å²) in [6, 6.07) is 9.67. The third-order valence-corrected chi connectivity index (χ3v) is 4.70. The summed E-state index contributed by atoms with van der Waals surface area (Å²) in [7, 11) is 0. The number of hydrogen-bond acceptors (Lipinski definition) is 1. The molecule has 0 aromatic heterocycles. The first-order valence-electron chi connectivity index (χ1n) is 8.24. The van der Waals surface area contributed by atoms with E-state index in [0.29, 0.717) is 11.1 Å². The number of rotatable bonds is 3. The maximum absolute atomic E-state index is 12.8. The average molecular weight is 373 g/mol. The van der Waals surface area contributed by atoms with Gasteiger partial charge in [0.1, 0.15) is 0 Å². The molecule has 1 aliphatic rings. The monoisotopic (exact) mass is 373 g/mol. The van der Waals surface area contributed by atoms with Crippen LogP contribution < -0.4 is 5.32 Å². The van der Waals surface area contributed by atoms with Crippen molar-refractivity contribution in [2.45, 2.75) is 37.2 Å². The lowest BCUT2D eigenvalue weighted by atomic mass is 9.83. The summed E-state index contributed by atoms with van der Waals surface area (Å²) < 4.78 is 76.7. The minimum absolute atomic E-state index is 0.0246. The minimum Gasteiger partial charge on any atom is -0.313 e. The van der Waals surface area contributed by atoms with E-state index >= 15 is 0 Å². The largest absolute Gasteiger partial charge is 0.416 e. The maximum atomic E-state index is 12.8. The molecule has 2 aromatic rings. The van der Waals surface area contributed by atoms with Gasteiger partial charge in [0.2, 0.25) is 0 Å². The van der Waals surface area contributed by atoms with Crippen molar-refractivity contribution in [1.82, 2.24) is 5.32 Å². The smallest absolute Gasteiger partial charge is 0.313 e. The molecule has 1 atom stereocenters. The molecule has 0 saturated carbocycles. The second-order valence-corrected chi connectivity index (χ2v) is 6.42. The Hall–Kier alpha value is -2.02. The Kier molecular flexibility index (Phi) is 5.01. The van der Waals surface area contributed by atoms with Crippen molar-refractivity contribution in [3.63, 3.8) is 0 Å². The fourth-order valence-electron chi connectivity index (χ4n) is 3.41. The molecular formula is C19H17F6N. The van der Waals surface area contributed by atoms with Crippen LogP contribution in [0.5, 0.6) is 0 Å². The van der Waals surface area contributed by atoms with Gasteiger partial charge in [-0.2, -0.15) is 26.3 Å². The first-order valence-corrected chi connectivity index (χ1v) is 8.24. The molecule has 0 spiro atoms. The Morgan fingerprint density at radius 1 is 0.731 bits per heavy atom. The summed E-state index contributed by atoms with van der Waals surface area (Å²) >= 11 is 0. The van der Waals surface area contributed by atoms with Crippen molar-refractivity contribution in [3.05, 3.63) is 70.8 Å².